The molecule has 0 atom stereocenters. The van der Waals surface area contributed by atoms with Crippen molar-refractivity contribution in [3.05, 3.63) is 66.0 Å². The second-order valence-corrected chi connectivity index (χ2v) is 7.91. The molecule has 0 unspecified atom stereocenters. The van der Waals surface area contributed by atoms with Crippen molar-refractivity contribution in [3.8, 4) is 17.2 Å². The third kappa shape index (κ3) is 5.66. The Labute approximate surface area is 189 Å². The monoisotopic (exact) mass is 433 g/mol. The number of para-hydroxylation sites is 1. The molecule has 0 aliphatic carbocycles. The van der Waals surface area contributed by atoms with Crippen molar-refractivity contribution in [3.63, 3.8) is 0 Å². The Balaban J connectivity index is 1.22. The number of guanidine groups is 1. The van der Waals surface area contributed by atoms with Crippen molar-refractivity contribution >= 4 is 5.96 Å². The van der Waals surface area contributed by atoms with E-state index in [1.165, 1.54) is 5.56 Å². The molecule has 1 aliphatic rings. The lowest BCUT2D eigenvalue weighted by molar-refractivity contribution is 0.129. The summed E-state index contributed by atoms with van der Waals surface area (Å²) < 4.78 is 11.4. The molecule has 2 heterocycles. The zero-order valence-electron chi connectivity index (χ0n) is 18.8. The smallest absolute Gasteiger partial charge is 0.257 e. The van der Waals surface area contributed by atoms with E-state index in [1.54, 1.807) is 0 Å². The fourth-order valence-corrected chi connectivity index (χ4v) is 3.86. The Morgan fingerprint density at radius 1 is 1.12 bits per heavy atom. The van der Waals surface area contributed by atoms with E-state index >= 15 is 0 Å². The van der Waals surface area contributed by atoms with Gasteiger partial charge in [0.15, 0.2) is 11.8 Å². The van der Waals surface area contributed by atoms with Gasteiger partial charge in [0.1, 0.15) is 11.9 Å². The number of aromatic nitrogens is 2. The molecule has 32 heavy (non-hydrogen) atoms. The first-order valence-corrected chi connectivity index (χ1v) is 11.3. The van der Waals surface area contributed by atoms with Gasteiger partial charge in [0.25, 0.3) is 5.89 Å². The fourth-order valence-electron chi connectivity index (χ4n) is 3.86. The highest BCUT2D eigenvalue weighted by atomic mass is 16.5. The highest BCUT2D eigenvalue weighted by molar-refractivity contribution is 5.80. The van der Waals surface area contributed by atoms with Gasteiger partial charge in [0, 0.05) is 51.5 Å². The summed E-state index contributed by atoms with van der Waals surface area (Å²) in [4.78, 5) is 11.2. The Hall–Kier alpha value is -3.35. The van der Waals surface area contributed by atoms with E-state index in [1.807, 2.05) is 56.4 Å². The van der Waals surface area contributed by atoms with Crippen LogP contribution in [0.2, 0.25) is 0 Å². The molecular weight excluding hydrogens is 402 g/mol. The topological polar surface area (TPSA) is 75.8 Å². The number of nitrogens with zero attached hydrogens (tertiary/aromatic N) is 4. The van der Waals surface area contributed by atoms with E-state index in [4.69, 9.17) is 9.26 Å². The van der Waals surface area contributed by atoms with Crippen LogP contribution in [0.15, 0.2) is 64.1 Å². The number of piperidine rings is 1. The van der Waals surface area contributed by atoms with Crippen LogP contribution in [0.1, 0.15) is 31.2 Å². The highest BCUT2D eigenvalue weighted by Gasteiger charge is 2.22. The minimum absolute atomic E-state index is 0.262. The van der Waals surface area contributed by atoms with Gasteiger partial charge in [-0.2, -0.15) is 4.98 Å². The lowest BCUT2D eigenvalue weighted by Crippen LogP contribution is -2.47. The minimum atomic E-state index is 0.262. The van der Waals surface area contributed by atoms with Gasteiger partial charge in [-0.1, -0.05) is 42.4 Å². The van der Waals surface area contributed by atoms with Crippen LogP contribution in [0.3, 0.4) is 0 Å². The number of nitrogens with one attached hydrogen (secondary N) is 1. The SMILES string of the molecule is CCc1noc(-c2ccc(CCNC(=NC)N3CCC(Oc4ccccc4)CC3)cc2)n1. The van der Waals surface area contributed by atoms with Crippen molar-refractivity contribution in [2.24, 2.45) is 4.99 Å². The predicted octanol–water partition coefficient (Wildman–Crippen LogP) is 3.96. The van der Waals surface area contributed by atoms with Crippen molar-refractivity contribution in [2.75, 3.05) is 26.7 Å². The zero-order chi connectivity index (χ0) is 22.2. The maximum atomic E-state index is 6.10. The van der Waals surface area contributed by atoms with Gasteiger partial charge in [0.2, 0.25) is 0 Å². The van der Waals surface area contributed by atoms with Crippen molar-refractivity contribution in [2.45, 2.75) is 38.7 Å². The predicted molar refractivity (Wildman–Crippen MR) is 126 cm³/mol. The number of hydrogen-bond donors (Lipinski definition) is 1. The first kappa shape index (κ1) is 21.9. The Morgan fingerprint density at radius 2 is 1.88 bits per heavy atom. The normalized spacial score (nSPS) is 15.1. The lowest BCUT2D eigenvalue weighted by Gasteiger charge is -2.34. The van der Waals surface area contributed by atoms with E-state index in [2.05, 4.69) is 37.5 Å². The number of aryl methyl sites for hydroxylation is 1. The summed E-state index contributed by atoms with van der Waals surface area (Å²) in [5.41, 5.74) is 2.20. The average molecular weight is 434 g/mol. The van der Waals surface area contributed by atoms with Crippen LogP contribution in [-0.4, -0.2) is 53.8 Å². The van der Waals surface area contributed by atoms with Crippen LogP contribution >= 0.6 is 0 Å². The number of aliphatic imine (C=N–C) groups is 1. The van der Waals surface area contributed by atoms with Gasteiger partial charge in [0.05, 0.1) is 0 Å². The molecule has 0 spiro atoms. The average Bonchev–Trinajstić information content (AvgIpc) is 3.33. The number of ether oxygens (including phenoxy) is 1. The third-order valence-corrected chi connectivity index (χ3v) is 5.68. The number of likely N-dealkylation sites (tertiary alicyclic amines) is 1. The molecule has 0 saturated carbocycles. The molecule has 1 fully saturated rings. The first-order chi connectivity index (χ1) is 15.7. The van der Waals surface area contributed by atoms with E-state index in [-0.39, 0.29) is 6.10 Å². The van der Waals surface area contributed by atoms with E-state index in [0.717, 1.165) is 68.4 Å². The van der Waals surface area contributed by atoms with E-state index in [0.29, 0.717) is 5.89 Å². The summed E-state index contributed by atoms with van der Waals surface area (Å²) >= 11 is 0. The molecule has 1 aromatic heterocycles. The Kier molecular flexibility index (Phi) is 7.38. The summed E-state index contributed by atoms with van der Waals surface area (Å²) in [6.45, 7) is 4.72. The van der Waals surface area contributed by atoms with Crippen molar-refractivity contribution in [1.82, 2.24) is 20.4 Å². The second kappa shape index (κ2) is 10.8. The molecule has 0 radical (unpaired) electrons. The molecular formula is C25H31N5O2. The van der Waals surface area contributed by atoms with Crippen LogP contribution in [0, 0.1) is 0 Å². The molecule has 1 N–H and O–H groups in total. The highest BCUT2D eigenvalue weighted by Crippen LogP contribution is 2.19. The molecule has 168 valence electrons. The summed E-state index contributed by atoms with van der Waals surface area (Å²) in [6.07, 6.45) is 3.93. The second-order valence-electron chi connectivity index (χ2n) is 7.91. The fraction of sp³-hybridized carbons (Fsp3) is 0.400. The first-order valence-electron chi connectivity index (χ1n) is 11.3. The molecule has 7 nitrogen and oxygen atoms in total. The van der Waals surface area contributed by atoms with Gasteiger partial charge in [-0.15, -0.1) is 0 Å². The van der Waals surface area contributed by atoms with E-state index < -0.39 is 0 Å². The van der Waals surface area contributed by atoms with Crippen LogP contribution in [0.25, 0.3) is 11.5 Å². The molecule has 0 bridgehead atoms. The Morgan fingerprint density at radius 3 is 2.53 bits per heavy atom. The maximum Gasteiger partial charge on any atom is 0.257 e. The van der Waals surface area contributed by atoms with Crippen LogP contribution in [0.4, 0.5) is 0 Å². The largest absolute Gasteiger partial charge is 0.490 e. The molecule has 7 heteroatoms. The zero-order valence-corrected chi connectivity index (χ0v) is 18.8. The number of hydrogen-bond acceptors (Lipinski definition) is 5. The van der Waals surface area contributed by atoms with Crippen molar-refractivity contribution < 1.29 is 9.26 Å². The van der Waals surface area contributed by atoms with Crippen LogP contribution in [0.5, 0.6) is 5.75 Å². The number of benzene rings is 2. The maximum absolute atomic E-state index is 6.10. The third-order valence-electron chi connectivity index (χ3n) is 5.68. The Bertz CT molecular complexity index is 993. The molecule has 4 rings (SSSR count). The summed E-state index contributed by atoms with van der Waals surface area (Å²) in [5, 5.41) is 7.46. The van der Waals surface area contributed by atoms with Gasteiger partial charge in [-0.3, -0.25) is 4.99 Å². The lowest BCUT2D eigenvalue weighted by atomic mass is 10.1. The summed E-state index contributed by atoms with van der Waals surface area (Å²) in [6, 6.07) is 18.4. The standard InChI is InChI=1S/C25H31N5O2/c1-3-23-28-24(32-29-23)20-11-9-19(10-12-20)13-16-27-25(26-2)30-17-14-22(15-18-30)31-21-7-5-4-6-8-21/h4-12,22H,3,13-18H2,1-2H3,(H,26,27). The van der Waals surface area contributed by atoms with Gasteiger partial charge in [-0.25, -0.2) is 0 Å². The molecule has 0 amide bonds. The summed E-state index contributed by atoms with van der Waals surface area (Å²) in [5.74, 6) is 3.21. The molecule has 1 saturated heterocycles. The van der Waals surface area contributed by atoms with Crippen LogP contribution in [-0.2, 0) is 12.8 Å². The molecule has 3 aromatic rings. The van der Waals surface area contributed by atoms with Gasteiger partial charge >= 0.3 is 0 Å². The van der Waals surface area contributed by atoms with E-state index in [9.17, 15) is 0 Å². The minimum Gasteiger partial charge on any atom is -0.490 e. The quantitative estimate of drug-likeness (QED) is 0.449. The van der Waals surface area contributed by atoms with Gasteiger partial charge in [-0.05, 0) is 36.2 Å². The van der Waals surface area contributed by atoms with Crippen molar-refractivity contribution in [1.29, 1.82) is 0 Å². The number of rotatable bonds is 7. The van der Waals surface area contributed by atoms with Gasteiger partial charge < -0.3 is 19.5 Å². The van der Waals surface area contributed by atoms with Crippen LogP contribution < -0.4 is 10.1 Å². The summed E-state index contributed by atoms with van der Waals surface area (Å²) in [7, 11) is 1.85. The molecule has 1 aliphatic heterocycles. The molecule has 2 aromatic carbocycles.